The molecule has 0 aliphatic rings. The Morgan fingerprint density at radius 3 is 2.35 bits per heavy atom. The Morgan fingerprint density at radius 1 is 1.05 bits per heavy atom. The van der Waals surface area contributed by atoms with Crippen LogP contribution in [-0.2, 0) is 13.0 Å². The van der Waals surface area contributed by atoms with Crippen LogP contribution in [0, 0.1) is 11.6 Å². The summed E-state index contributed by atoms with van der Waals surface area (Å²) in [7, 11) is 0. The van der Waals surface area contributed by atoms with E-state index in [4.69, 9.17) is 11.6 Å². The number of benzene rings is 2. The van der Waals surface area contributed by atoms with E-state index in [1.807, 2.05) is 31.2 Å². The van der Waals surface area contributed by atoms with Crippen molar-refractivity contribution in [1.82, 2.24) is 5.32 Å². The average Bonchev–Trinajstić information content (AvgIpc) is 2.42. The molecule has 0 aliphatic heterocycles. The summed E-state index contributed by atoms with van der Waals surface area (Å²) in [5.74, 6) is -1.01. The molecule has 0 fully saturated rings. The van der Waals surface area contributed by atoms with Gasteiger partial charge in [0.25, 0.3) is 0 Å². The Hall–Kier alpha value is -1.45. The third kappa shape index (κ3) is 3.78. The van der Waals surface area contributed by atoms with E-state index in [0.717, 1.165) is 5.56 Å². The summed E-state index contributed by atoms with van der Waals surface area (Å²) < 4.78 is 27.1. The molecule has 0 radical (unpaired) electrons. The third-order valence-electron chi connectivity index (χ3n) is 3.17. The third-order valence-corrected chi connectivity index (χ3v) is 3.54. The van der Waals surface area contributed by atoms with Crippen LogP contribution in [0.1, 0.15) is 18.1 Å². The fourth-order valence-electron chi connectivity index (χ4n) is 2.03. The molecule has 0 bridgehead atoms. The van der Waals surface area contributed by atoms with Crippen LogP contribution in [0.5, 0.6) is 0 Å². The van der Waals surface area contributed by atoms with Gasteiger partial charge >= 0.3 is 0 Å². The predicted molar refractivity (Wildman–Crippen MR) is 77.8 cm³/mol. The van der Waals surface area contributed by atoms with Gasteiger partial charge in [0.1, 0.15) is 11.6 Å². The van der Waals surface area contributed by atoms with Gasteiger partial charge in [0.05, 0.1) is 0 Å². The van der Waals surface area contributed by atoms with Gasteiger partial charge in [-0.2, -0.15) is 0 Å². The lowest BCUT2D eigenvalue weighted by molar-refractivity contribution is 0.499. The molecule has 0 amide bonds. The Morgan fingerprint density at radius 2 is 1.70 bits per heavy atom. The molecule has 106 valence electrons. The summed E-state index contributed by atoms with van der Waals surface area (Å²) in [4.78, 5) is 0. The Bertz CT molecular complexity index is 566. The van der Waals surface area contributed by atoms with E-state index in [-0.39, 0.29) is 11.6 Å². The first-order valence-corrected chi connectivity index (χ1v) is 6.85. The quantitative estimate of drug-likeness (QED) is 0.865. The van der Waals surface area contributed by atoms with Crippen LogP contribution in [0.15, 0.2) is 42.5 Å². The van der Waals surface area contributed by atoms with E-state index in [9.17, 15) is 8.78 Å². The minimum Gasteiger partial charge on any atom is -0.310 e. The molecular formula is C16H16ClF2N. The van der Waals surface area contributed by atoms with Gasteiger partial charge in [-0.3, -0.25) is 0 Å². The van der Waals surface area contributed by atoms with E-state index in [0.29, 0.717) is 18.0 Å². The molecule has 0 aliphatic carbocycles. The van der Waals surface area contributed by atoms with Crippen molar-refractivity contribution < 1.29 is 8.78 Å². The maximum absolute atomic E-state index is 13.5. The summed E-state index contributed by atoms with van der Waals surface area (Å²) in [6.07, 6.45) is 0.295. The lowest BCUT2D eigenvalue weighted by Gasteiger charge is -2.15. The molecular weight excluding hydrogens is 280 g/mol. The highest BCUT2D eigenvalue weighted by atomic mass is 35.5. The zero-order valence-electron chi connectivity index (χ0n) is 11.2. The van der Waals surface area contributed by atoms with Crippen LogP contribution in [0.3, 0.4) is 0 Å². The monoisotopic (exact) mass is 295 g/mol. The van der Waals surface area contributed by atoms with Gasteiger partial charge in [-0.15, -0.1) is 0 Å². The second-order valence-electron chi connectivity index (χ2n) is 4.78. The summed E-state index contributed by atoms with van der Waals surface area (Å²) in [6, 6.07) is 11.4. The molecule has 1 atom stereocenters. The predicted octanol–water partition coefficient (Wildman–Crippen LogP) is 4.34. The molecule has 1 nitrogen and oxygen atoms in total. The summed E-state index contributed by atoms with van der Waals surface area (Å²) >= 11 is 6.06. The zero-order valence-corrected chi connectivity index (χ0v) is 11.9. The van der Waals surface area contributed by atoms with E-state index >= 15 is 0 Å². The van der Waals surface area contributed by atoms with Crippen molar-refractivity contribution in [2.75, 3.05) is 0 Å². The minimum absolute atomic E-state index is 0.0577. The number of nitrogens with one attached hydrogen (secondary N) is 1. The molecule has 0 spiro atoms. The second kappa shape index (κ2) is 6.82. The molecule has 2 rings (SSSR count). The molecule has 2 aromatic carbocycles. The number of hydrogen-bond donors (Lipinski definition) is 1. The first-order valence-electron chi connectivity index (χ1n) is 6.47. The molecule has 20 heavy (non-hydrogen) atoms. The molecule has 4 heteroatoms. The van der Waals surface area contributed by atoms with E-state index in [2.05, 4.69) is 5.32 Å². The number of halogens is 3. The minimum atomic E-state index is -0.503. The van der Waals surface area contributed by atoms with Gasteiger partial charge in [-0.25, -0.2) is 8.78 Å². The largest absolute Gasteiger partial charge is 0.310 e. The normalized spacial score (nSPS) is 12.4. The summed E-state index contributed by atoms with van der Waals surface area (Å²) in [6.45, 7) is 2.46. The highest BCUT2D eigenvalue weighted by Gasteiger charge is 2.12. The molecule has 0 saturated heterocycles. The van der Waals surface area contributed by atoms with Gasteiger partial charge in [-0.1, -0.05) is 35.9 Å². The smallest absolute Gasteiger partial charge is 0.129 e. The summed E-state index contributed by atoms with van der Waals surface area (Å²) in [5.41, 5.74) is 1.08. The van der Waals surface area contributed by atoms with Crippen LogP contribution in [-0.4, -0.2) is 6.04 Å². The van der Waals surface area contributed by atoms with Gasteiger partial charge in [0.15, 0.2) is 0 Å². The van der Waals surface area contributed by atoms with Gasteiger partial charge in [0, 0.05) is 23.2 Å². The van der Waals surface area contributed by atoms with Crippen LogP contribution in [0.4, 0.5) is 8.78 Å². The van der Waals surface area contributed by atoms with Gasteiger partial charge < -0.3 is 5.32 Å². The van der Waals surface area contributed by atoms with Crippen molar-refractivity contribution in [3.63, 3.8) is 0 Å². The van der Waals surface area contributed by atoms with Crippen molar-refractivity contribution in [1.29, 1.82) is 0 Å². The van der Waals surface area contributed by atoms with Gasteiger partial charge in [-0.05, 0) is 37.1 Å². The number of rotatable bonds is 5. The SMILES string of the molecule is CC(Cc1c(F)cccc1F)NCc1ccccc1Cl. The van der Waals surface area contributed by atoms with Crippen LogP contribution >= 0.6 is 11.6 Å². The highest BCUT2D eigenvalue weighted by molar-refractivity contribution is 6.31. The van der Waals surface area contributed by atoms with Crippen molar-refractivity contribution in [3.05, 3.63) is 70.2 Å². The maximum atomic E-state index is 13.5. The van der Waals surface area contributed by atoms with Crippen LogP contribution < -0.4 is 5.32 Å². The molecule has 0 saturated carbocycles. The second-order valence-corrected chi connectivity index (χ2v) is 5.18. The van der Waals surface area contributed by atoms with Crippen LogP contribution in [0.2, 0.25) is 5.02 Å². The Balaban J connectivity index is 1.96. The Labute approximate surface area is 122 Å². The molecule has 0 aromatic heterocycles. The molecule has 2 aromatic rings. The maximum Gasteiger partial charge on any atom is 0.129 e. The standard InChI is InChI=1S/C16H16ClF2N/c1-11(9-13-15(18)7-4-8-16(13)19)20-10-12-5-2-3-6-14(12)17/h2-8,11,20H,9-10H2,1H3. The van der Waals surface area contributed by atoms with Crippen molar-refractivity contribution in [2.24, 2.45) is 0 Å². The fourth-order valence-corrected chi connectivity index (χ4v) is 2.23. The topological polar surface area (TPSA) is 12.0 Å². The highest BCUT2D eigenvalue weighted by Crippen LogP contribution is 2.16. The molecule has 1 unspecified atom stereocenters. The van der Waals surface area contributed by atoms with Crippen molar-refractivity contribution in [3.8, 4) is 0 Å². The lowest BCUT2D eigenvalue weighted by Crippen LogP contribution is -2.28. The molecule has 1 N–H and O–H groups in total. The van der Waals surface area contributed by atoms with E-state index in [1.165, 1.54) is 18.2 Å². The van der Waals surface area contributed by atoms with E-state index in [1.54, 1.807) is 0 Å². The van der Waals surface area contributed by atoms with E-state index < -0.39 is 11.6 Å². The van der Waals surface area contributed by atoms with Crippen molar-refractivity contribution >= 4 is 11.6 Å². The zero-order chi connectivity index (χ0) is 14.5. The Kier molecular flexibility index (Phi) is 5.10. The lowest BCUT2D eigenvalue weighted by atomic mass is 10.1. The van der Waals surface area contributed by atoms with Crippen LogP contribution in [0.25, 0.3) is 0 Å². The molecule has 0 heterocycles. The fraction of sp³-hybridized carbons (Fsp3) is 0.250. The van der Waals surface area contributed by atoms with Gasteiger partial charge in [0.2, 0.25) is 0 Å². The number of hydrogen-bond acceptors (Lipinski definition) is 1. The van der Waals surface area contributed by atoms with Crippen molar-refractivity contribution in [2.45, 2.75) is 25.9 Å². The first-order chi connectivity index (χ1) is 9.58. The average molecular weight is 296 g/mol. The summed E-state index contributed by atoms with van der Waals surface area (Å²) in [5, 5.41) is 3.91. The first kappa shape index (κ1) is 14.9.